The number of nitrogens with one attached hydrogen (secondary N) is 1. The minimum Gasteiger partial charge on any atom is -0.478 e. The lowest BCUT2D eigenvalue weighted by molar-refractivity contribution is -0.235. The van der Waals surface area contributed by atoms with Crippen molar-refractivity contribution in [2.24, 2.45) is 57.2 Å². The maximum absolute atomic E-state index is 11.6. The van der Waals surface area contributed by atoms with Gasteiger partial charge in [0.15, 0.2) is 0 Å². The first kappa shape index (κ1) is 34.1. The van der Waals surface area contributed by atoms with Crippen molar-refractivity contribution in [1.29, 1.82) is 0 Å². The van der Waals surface area contributed by atoms with Crippen LogP contribution in [0.15, 0.2) is 24.3 Å². The van der Waals surface area contributed by atoms with Crippen molar-refractivity contribution in [3.63, 3.8) is 0 Å². The minimum absolute atomic E-state index is 0.199. The molecule has 47 heavy (non-hydrogen) atoms. The molecule has 10 atom stereocenters. The van der Waals surface area contributed by atoms with E-state index in [9.17, 15) is 9.90 Å². The molecule has 4 nitrogen and oxygen atoms in total. The molecule has 5 saturated carbocycles. The Balaban J connectivity index is 1.14. The number of hydrogen-bond donors (Lipinski definition) is 2. The van der Waals surface area contributed by atoms with Crippen molar-refractivity contribution in [2.45, 2.75) is 143 Å². The fraction of sp³-hybridized carbons (Fsp3) is 0.837. The number of benzene rings is 1. The summed E-state index contributed by atoms with van der Waals surface area (Å²) < 4.78 is 0. The largest absolute Gasteiger partial charge is 0.478 e. The summed E-state index contributed by atoms with van der Waals surface area (Å²) in [6.07, 6.45) is 17.9. The standard InChI is InChI=1S/C43H68N2O2/c1-29(2)32-17-22-43(44-25-28-45-26-9-8-10-27-45)24-23-41(6)34(37(32)43)15-16-36-40(5)20-18-33(30-11-13-31(14-12-30)38(46)47)39(3,4)35(40)19-21-42(36,41)7/h11-14,29,32-37,44H,8-10,15-28H2,1-7H3,(H,46,47)/t32-,33+,34+,35-,36+,37+,40-,41+,42+,43-/m0/s1. The molecule has 4 heteroatoms. The zero-order valence-corrected chi connectivity index (χ0v) is 31.2. The molecule has 1 saturated heterocycles. The Morgan fingerprint density at radius 3 is 2.23 bits per heavy atom. The first-order valence-corrected chi connectivity index (χ1v) is 20.1. The zero-order valence-electron chi connectivity index (χ0n) is 31.2. The fourth-order valence-electron chi connectivity index (χ4n) is 14.8. The van der Waals surface area contributed by atoms with Crippen LogP contribution in [0.3, 0.4) is 0 Å². The Labute approximate surface area is 287 Å². The van der Waals surface area contributed by atoms with Gasteiger partial charge >= 0.3 is 5.97 Å². The molecule has 1 aromatic carbocycles. The van der Waals surface area contributed by atoms with E-state index < -0.39 is 5.97 Å². The van der Waals surface area contributed by atoms with Crippen molar-refractivity contribution in [2.75, 3.05) is 26.2 Å². The van der Waals surface area contributed by atoms with Crippen LogP contribution in [0.4, 0.5) is 0 Å². The molecule has 7 rings (SSSR count). The molecule has 0 unspecified atom stereocenters. The smallest absolute Gasteiger partial charge is 0.335 e. The monoisotopic (exact) mass is 645 g/mol. The molecule has 0 amide bonds. The maximum atomic E-state index is 11.6. The summed E-state index contributed by atoms with van der Waals surface area (Å²) in [6.45, 7) is 23.6. The third-order valence-electron chi connectivity index (χ3n) is 17.3. The lowest BCUT2D eigenvalue weighted by atomic mass is 9.32. The number of aromatic carboxylic acids is 1. The number of carboxylic acids is 1. The molecule has 1 heterocycles. The molecule has 0 bridgehead atoms. The van der Waals surface area contributed by atoms with Crippen molar-refractivity contribution in [3.8, 4) is 0 Å². The lowest BCUT2D eigenvalue weighted by Gasteiger charge is -2.73. The van der Waals surface area contributed by atoms with E-state index in [0.29, 0.717) is 39.2 Å². The maximum Gasteiger partial charge on any atom is 0.335 e. The van der Waals surface area contributed by atoms with E-state index in [4.69, 9.17) is 0 Å². The van der Waals surface area contributed by atoms with Gasteiger partial charge in [-0.1, -0.05) is 67.0 Å². The van der Waals surface area contributed by atoms with Crippen molar-refractivity contribution in [1.82, 2.24) is 10.2 Å². The normalized spacial score (nSPS) is 44.7. The number of piperidine rings is 1. The Hall–Kier alpha value is -1.39. The van der Waals surface area contributed by atoms with Gasteiger partial charge in [0, 0.05) is 18.6 Å². The third kappa shape index (κ3) is 5.22. The summed E-state index contributed by atoms with van der Waals surface area (Å²) in [5.41, 5.74) is 3.50. The van der Waals surface area contributed by atoms with Gasteiger partial charge in [-0.25, -0.2) is 4.79 Å². The number of carbonyl (C=O) groups is 1. The average molecular weight is 645 g/mol. The van der Waals surface area contributed by atoms with E-state index in [1.165, 1.54) is 115 Å². The summed E-state index contributed by atoms with van der Waals surface area (Å²) in [7, 11) is 0. The van der Waals surface area contributed by atoms with Crippen molar-refractivity contribution < 1.29 is 9.90 Å². The molecule has 0 radical (unpaired) electrons. The Kier molecular flexibility index (Phi) is 8.80. The van der Waals surface area contributed by atoms with E-state index in [-0.39, 0.29) is 5.41 Å². The van der Waals surface area contributed by atoms with Crippen LogP contribution < -0.4 is 5.32 Å². The highest BCUT2D eigenvalue weighted by atomic mass is 16.4. The molecular weight excluding hydrogens is 576 g/mol. The number of nitrogens with zero attached hydrogens (tertiary/aromatic N) is 1. The number of carboxylic acid groups (broad SMARTS) is 1. The second-order valence-corrected chi connectivity index (χ2v) is 19.5. The van der Waals surface area contributed by atoms with Crippen LogP contribution >= 0.6 is 0 Å². The van der Waals surface area contributed by atoms with E-state index in [1.54, 1.807) is 0 Å². The molecule has 0 spiro atoms. The van der Waals surface area contributed by atoms with Gasteiger partial charge in [-0.2, -0.15) is 0 Å². The van der Waals surface area contributed by atoms with Crippen molar-refractivity contribution >= 4 is 5.97 Å². The van der Waals surface area contributed by atoms with Crippen LogP contribution in [-0.2, 0) is 0 Å². The van der Waals surface area contributed by atoms with Crippen LogP contribution in [0.1, 0.15) is 154 Å². The number of likely N-dealkylation sites (tertiary alicyclic amines) is 1. The Morgan fingerprint density at radius 1 is 0.830 bits per heavy atom. The van der Waals surface area contributed by atoms with Gasteiger partial charge in [0.2, 0.25) is 0 Å². The van der Waals surface area contributed by atoms with E-state index in [1.807, 2.05) is 12.1 Å². The van der Waals surface area contributed by atoms with Crippen LogP contribution in [0, 0.1) is 57.2 Å². The summed E-state index contributed by atoms with van der Waals surface area (Å²) in [6, 6.07) is 7.92. The quantitative estimate of drug-likeness (QED) is 0.310. The molecule has 1 aliphatic heterocycles. The topological polar surface area (TPSA) is 52.6 Å². The predicted molar refractivity (Wildman–Crippen MR) is 194 cm³/mol. The highest BCUT2D eigenvalue weighted by Crippen LogP contribution is 2.77. The van der Waals surface area contributed by atoms with Gasteiger partial charge in [0.1, 0.15) is 0 Å². The van der Waals surface area contributed by atoms with E-state index in [0.717, 1.165) is 29.6 Å². The van der Waals surface area contributed by atoms with Gasteiger partial charge in [0.25, 0.3) is 0 Å². The number of hydrogen-bond acceptors (Lipinski definition) is 3. The minimum atomic E-state index is -0.826. The third-order valence-corrected chi connectivity index (χ3v) is 17.3. The highest BCUT2D eigenvalue weighted by Gasteiger charge is 2.71. The molecular formula is C43H68N2O2. The summed E-state index contributed by atoms with van der Waals surface area (Å²) in [5.74, 6) is 4.47. The van der Waals surface area contributed by atoms with Gasteiger partial charge in [-0.3, -0.25) is 0 Å². The second-order valence-electron chi connectivity index (χ2n) is 19.5. The predicted octanol–water partition coefficient (Wildman–Crippen LogP) is 10.0. The number of rotatable bonds is 7. The summed E-state index contributed by atoms with van der Waals surface area (Å²) in [5, 5.41) is 13.9. The highest BCUT2D eigenvalue weighted by molar-refractivity contribution is 5.87. The van der Waals surface area contributed by atoms with Crippen LogP contribution in [-0.4, -0.2) is 47.7 Å². The van der Waals surface area contributed by atoms with Gasteiger partial charge < -0.3 is 15.3 Å². The first-order chi connectivity index (χ1) is 22.3. The summed E-state index contributed by atoms with van der Waals surface area (Å²) >= 11 is 0. The van der Waals surface area contributed by atoms with Crippen LogP contribution in [0.5, 0.6) is 0 Å². The van der Waals surface area contributed by atoms with Gasteiger partial charge in [0.05, 0.1) is 5.56 Å². The Morgan fingerprint density at radius 2 is 1.55 bits per heavy atom. The Bertz CT molecular complexity index is 1300. The molecule has 6 aliphatic rings. The fourth-order valence-corrected chi connectivity index (χ4v) is 14.8. The first-order valence-electron chi connectivity index (χ1n) is 20.1. The second kappa shape index (κ2) is 12.1. The molecule has 1 aromatic rings. The van der Waals surface area contributed by atoms with Gasteiger partial charge in [-0.15, -0.1) is 0 Å². The molecule has 0 aromatic heterocycles. The zero-order chi connectivity index (χ0) is 33.4. The van der Waals surface area contributed by atoms with E-state index in [2.05, 4.69) is 70.8 Å². The lowest BCUT2D eigenvalue weighted by Crippen LogP contribution is -2.68. The molecule has 6 fully saturated rings. The molecule has 262 valence electrons. The average Bonchev–Trinajstić information content (AvgIpc) is 3.42. The van der Waals surface area contributed by atoms with E-state index >= 15 is 0 Å². The number of fused-ring (bicyclic) bond motifs is 7. The van der Waals surface area contributed by atoms with Crippen LogP contribution in [0.2, 0.25) is 0 Å². The molecule has 5 aliphatic carbocycles. The van der Waals surface area contributed by atoms with Gasteiger partial charge in [-0.05, 0) is 171 Å². The SMILES string of the molecule is CC(C)[C@@H]1CC[C@]2(NCCN3CCCCC3)CC[C@]3(C)[C@H](CC[C@@H]4[C@@]5(C)CC[C@H](c6ccc(C(=O)O)cc6)C(C)(C)[C@@H]5CC[C@]43C)[C@@H]12. The van der Waals surface area contributed by atoms with Crippen LogP contribution in [0.25, 0.3) is 0 Å². The summed E-state index contributed by atoms with van der Waals surface area (Å²) in [4.78, 5) is 14.3. The van der Waals surface area contributed by atoms with Crippen molar-refractivity contribution in [3.05, 3.63) is 35.4 Å². The molecule has 2 N–H and O–H groups in total.